The van der Waals surface area contributed by atoms with E-state index >= 15 is 0 Å². The van der Waals surface area contributed by atoms with Crippen molar-refractivity contribution in [2.75, 3.05) is 0 Å². The Morgan fingerprint density at radius 3 is 1.63 bits per heavy atom. The standard InChI is InChI=1S/C14H13Br2NO2/c15-11-1-3-13(18)9(5-11)7-17-8-10-6-12(16)2-4-14(10)19/h1-6,17-19H,7-8H2. The van der Waals surface area contributed by atoms with Crippen LogP contribution >= 0.6 is 31.9 Å². The highest BCUT2D eigenvalue weighted by Crippen LogP contribution is 2.23. The van der Waals surface area contributed by atoms with Gasteiger partial charge in [-0.25, -0.2) is 0 Å². The molecular weight excluding hydrogens is 374 g/mol. The zero-order chi connectivity index (χ0) is 13.8. The van der Waals surface area contributed by atoms with Gasteiger partial charge < -0.3 is 15.5 Å². The van der Waals surface area contributed by atoms with Gasteiger partial charge in [-0.15, -0.1) is 0 Å². The molecule has 0 bridgehead atoms. The quantitative estimate of drug-likeness (QED) is 0.746. The molecule has 0 aromatic heterocycles. The monoisotopic (exact) mass is 385 g/mol. The second kappa shape index (κ2) is 6.41. The van der Waals surface area contributed by atoms with E-state index in [1.165, 1.54) is 0 Å². The maximum atomic E-state index is 9.71. The van der Waals surface area contributed by atoms with E-state index in [-0.39, 0.29) is 11.5 Å². The van der Waals surface area contributed by atoms with Crippen LogP contribution in [0, 0.1) is 0 Å². The van der Waals surface area contributed by atoms with Crippen LogP contribution in [0.1, 0.15) is 11.1 Å². The summed E-state index contributed by atoms with van der Waals surface area (Å²) in [7, 11) is 0. The molecule has 2 rings (SSSR count). The average molecular weight is 387 g/mol. The molecule has 0 saturated heterocycles. The highest BCUT2D eigenvalue weighted by molar-refractivity contribution is 9.10. The van der Waals surface area contributed by atoms with Crippen LogP contribution in [0.15, 0.2) is 45.3 Å². The molecule has 0 atom stereocenters. The van der Waals surface area contributed by atoms with E-state index in [0.717, 1.165) is 20.1 Å². The Kier molecular flexibility index (Phi) is 4.85. The van der Waals surface area contributed by atoms with Gasteiger partial charge in [-0.3, -0.25) is 0 Å². The maximum Gasteiger partial charge on any atom is 0.120 e. The topological polar surface area (TPSA) is 52.5 Å². The summed E-state index contributed by atoms with van der Waals surface area (Å²) in [6, 6.07) is 10.6. The molecule has 0 aliphatic heterocycles. The minimum atomic E-state index is 0.258. The first-order valence-corrected chi connectivity index (χ1v) is 7.30. The lowest BCUT2D eigenvalue weighted by Gasteiger charge is -2.09. The number of aromatic hydroxyl groups is 2. The summed E-state index contributed by atoms with van der Waals surface area (Å²) in [4.78, 5) is 0. The zero-order valence-corrected chi connectivity index (χ0v) is 13.2. The molecule has 0 spiro atoms. The molecule has 2 aromatic rings. The molecule has 3 N–H and O–H groups in total. The molecule has 0 amide bonds. The lowest BCUT2D eigenvalue weighted by Crippen LogP contribution is -2.13. The summed E-state index contributed by atoms with van der Waals surface area (Å²) in [6.07, 6.45) is 0. The van der Waals surface area contributed by atoms with Crippen molar-refractivity contribution in [2.24, 2.45) is 0 Å². The van der Waals surface area contributed by atoms with Gasteiger partial charge in [0.15, 0.2) is 0 Å². The van der Waals surface area contributed by atoms with Crippen LogP contribution in [0.3, 0.4) is 0 Å². The van der Waals surface area contributed by atoms with E-state index in [9.17, 15) is 10.2 Å². The van der Waals surface area contributed by atoms with E-state index in [2.05, 4.69) is 37.2 Å². The van der Waals surface area contributed by atoms with Gasteiger partial charge >= 0.3 is 0 Å². The van der Waals surface area contributed by atoms with E-state index in [1.54, 1.807) is 24.3 Å². The molecule has 2 aromatic carbocycles. The van der Waals surface area contributed by atoms with E-state index in [4.69, 9.17) is 0 Å². The fourth-order valence-corrected chi connectivity index (χ4v) is 2.54. The van der Waals surface area contributed by atoms with Crippen molar-refractivity contribution < 1.29 is 10.2 Å². The normalized spacial score (nSPS) is 10.6. The first-order chi connectivity index (χ1) is 9.06. The first-order valence-electron chi connectivity index (χ1n) is 5.72. The molecule has 19 heavy (non-hydrogen) atoms. The van der Waals surface area contributed by atoms with Gasteiger partial charge in [0.2, 0.25) is 0 Å². The number of halogens is 2. The predicted molar refractivity (Wildman–Crippen MR) is 82.2 cm³/mol. The third kappa shape index (κ3) is 3.96. The summed E-state index contributed by atoms with van der Waals surface area (Å²) < 4.78 is 1.85. The van der Waals surface area contributed by atoms with Crippen LogP contribution in [0.5, 0.6) is 11.5 Å². The number of benzene rings is 2. The number of nitrogens with one attached hydrogen (secondary N) is 1. The molecule has 0 fully saturated rings. The van der Waals surface area contributed by atoms with Crippen LogP contribution < -0.4 is 5.32 Å². The zero-order valence-electron chi connectivity index (χ0n) is 10.0. The highest BCUT2D eigenvalue weighted by Gasteiger charge is 2.04. The van der Waals surface area contributed by atoms with Gasteiger partial charge in [-0.1, -0.05) is 31.9 Å². The van der Waals surface area contributed by atoms with Crippen molar-refractivity contribution >= 4 is 31.9 Å². The summed E-state index contributed by atoms with van der Waals surface area (Å²) in [6.45, 7) is 1.05. The lowest BCUT2D eigenvalue weighted by molar-refractivity contribution is 0.458. The number of hydrogen-bond donors (Lipinski definition) is 3. The van der Waals surface area contributed by atoms with Crippen molar-refractivity contribution in [3.63, 3.8) is 0 Å². The largest absolute Gasteiger partial charge is 0.508 e. The number of phenols is 2. The Hall–Kier alpha value is -1.04. The Morgan fingerprint density at radius 2 is 1.21 bits per heavy atom. The summed E-state index contributed by atoms with van der Waals surface area (Å²) in [5.41, 5.74) is 1.62. The van der Waals surface area contributed by atoms with Gasteiger partial charge in [0, 0.05) is 33.2 Å². The second-order valence-corrected chi connectivity index (χ2v) is 5.98. The Balaban J connectivity index is 2.00. The summed E-state index contributed by atoms with van der Waals surface area (Å²) >= 11 is 6.74. The third-order valence-corrected chi connectivity index (χ3v) is 3.70. The fourth-order valence-electron chi connectivity index (χ4n) is 1.72. The smallest absolute Gasteiger partial charge is 0.120 e. The molecule has 5 heteroatoms. The molecule has 0 aliphatic rings. The van der Waals surface area contributed by atoms with Gasteiger partial charge in [0.25, 0.3) is 0 Å². The molecular formula is C14H13Br2NO2. The van der Waals surface area contributed by atoms with Crippen molar-refractivity contribution in [1.29, 1.82) is 0 Å². The molecule has 0 saturated carbocycles. The van der Waals surface area contributed by atoms with Crippen molar-refractivity contribution in [1.82, 2.24) is 5.32 Å². The highest BCUT2D eigenvalue weighted by atomic mass is 79.9. The van der Waals surface area contributed by atoms with E-state index in [1.807, 2.05) is 12.1 Å². The fraction of sp³-hybridized carbons (Fsp3) is 0.143. The Morgan fingerprint density at radius 1 is 0.789 bits per heavy atom. The van der Waals surface area contributed by atoms with Gasteiger partial charge in [0.1, 0.15) is 11.5 Å². The predicted octanol–water partition coefficient (Wildman–Crippen LogP) is 3.91. The first kappa shape index (κ1) is 14.4. The molecule has 0 aliphatic carbocycles. The van der Waals surface area contributed by atoms with Crippen molar-refractivity contribution in [3.8, 4) is 11.5 Å². The SMILES string of the molecule is Oc1ccc(Br)cc1CNCc1cc(Br)ccc1O. The second-order valence-electron chi connectivity index (χ2n) is 4.15. The molecule has 0 unspecified atom stereocenters. The summed E-state index contributed by atoms with van der Waals surface area (Å²) in [5, 5.41) is 22.6. The molecule has 100 valence electrons. The average Bonchev–Trinajstić information content (AvgIpc) is 2.38. The van der Waals surface area contributed by atoms with Crippen LogP contribution in [0.25, 0.3) is 0 Å². The van der Waals surface area contributed by atoms with Crippen molar-refractivity contribution in [3.05, 3.63) is 56.5 Å². The molecule has 0 radical (unpaired) electrons. The van der Waals surface area contributed by atoms with Crippen LogP contribution in [-0.4, -0.2) is 10.2 Å². The van der Waals surface area contributed by atoms with Crippen LogP contribution in [0.4, 0.5) is 0 Å². The number of phenolic OH excluding ortho intramolecular Hbond substituents is 2. The molecule has 3 nitrogen and oxygen atoms in total. The third-order valence-electron chi connectivity index (χ3n) is 2.71. The van der Waals surface area contributed by atoms with Gasteiger partial charge in [-0.05, 0) is 36.4 Å². The number of rotatable bonds is 4. The number of hydrogen-bond acceptors (Lipinski definition) is 3. The van der Waals surface area contributed by atoms with Gasteiger partial charge in [0.05, 0.1) is 0 Å². The van der Waals surface area contributed by atoms with Crippen molar-refractivity contribution in [2.45, 2.75) is 13.1 Å². The Bertz CT molecular complexity index is 536. The minimum absolute atomic E-state index is 0.258. The minimum Gasteiger partial charge on any atom is -0.508 e. The van der Waals surface area contributed by atoms with Gasteiger partial charge in [-0.2, -0.15) is 0 Å². The van der Waals surface area contributed by atoms with E-state index in [0.29, 0.717) is 13.1 Å². The lowest BCUT2D eigenvalue weighted by atomic mass is 10.1. The van der Waals surface area contributed by atoms with E-state index < -0.39 is 0 Å². The van der Waals surface area contributed by atoms with Crippen LogP contribution in [-0.2, 0) is 13.1 Å². The molecule has 0 heterocycles. The van der Waals surface area contributed by atoms with Crippen LogP contribution in [0.2, 0.25) is 0 Å². The summed E-state index contributed by atoms with van der Waals surface area (Å²) in [5.74, 6) is 0.517. The Labute approximate surface area is 128 Å². The maximum absolute atomic E-state index is 9.71.